The van der Waals surface area contributed by atoms with Gasteiger partial charge in [0.1, 0.15) is 97.7 Å². The van der Waals surface area contributed by atoms with E-state index in [-0.39, 0.29) is 6.42 Å². The molecule has 0 spiro atoms. The highest BCUT2D eigenvalue weighted by Crippen LogP contribution is 2.37. The van der Waals surface area contributed by atoms with Crippen LogP contribution in [-0.2, 0) is 52.2 Å². The van der Waals surface area contributed by atoms with Crippen LogP contribution in [0.25, 0.3) is 0 Å². The van der Waals surface area contributed by atoms with Gasteiger partial charge in [0.2, 0.25) is 0 Å². The lowest BCUT2D eigenvalue weighted by molar-refractivity contribution is -0.399. The molecule has 26 unspecified atom stereocenters. The summed E-state index contributed by atoms with van der Waals surface area (Å²) >= 11 is 0. The number of aliphatic carboxylic acids is 1. The average Bonchev–Trinajstić information content (AvgIpc) is 3.32. The number of hydrogen-bond acceptors (Lipinski definition) is 23. The van der Waals surface area contributed by atoms with Crippen molar-refractivity contribution in [1.29, 1.82) is 0 Å². The number of aliphatic hydroxyl groups excluding tert-OH is 12. The minimum Gasteiger partial charge on any atom is -0.481 e. The molecule has 5 aliphatic heterocycles. The van der Waals surface area contributed by atoms with E-state index < -0.39 is 172 Å². The Bertz CT molecular complexity index is 1520. The zero-order valence-corrected chi connectivity index (χ0v) is 40.7. The third-order valence-corrected chi connectivity index (χ3v) is 14.0. The maximum absolute atomic E-state index is 11.9. The highest BCUT2D eigenvalue weighted by atomic mass is 16.8. The standard InChI is InChI=1S/C46H82O24/c1-6-7-13-16-24(17-14-11-9-8-10-12-15-18-26(48)49)65-46-41(32(55)29(52)25(19-47)66-46)70-44-36(59)33(56)38(22(4)63-44)67-45-37(60)40(69-43-35(58)31(54)28(51)21(3)62-43)39(23(5)64-45)68-42-34(57)30(53)27(50)20(2)61-42/h20-25,27-47,50-60H,6-19H2,1-5H3,(H,48,49). The van der Waals surface area contributed by atoms with E-state index in [0.717, 1.165) is 57.8 Å². The van der Waals surface area contributed by atoms with Crippen molar-refractivity contribution in [3.63, 3.8) is 0 Å². The maximum Gasteiger partial charge on any atom is 0.303 e. The summed E-state index contributed by atoms with van der Waals surface area (Å²) in [4.78, 5) is 10.8. The van der Waals surface area contributed by atoms with Crippen molar-refractivity contribution in [1.82, 2.24) is 0 Å². The van der Waals surface area contributed by atoms with E-state index in [4.69, 9.17) is 52.5 Å². The molecule has 410 valence electrons. The van der Waals surface area contributed by atoms with Crippen molar-refractivity contribution in [3.8, 4) is 0 Å². The van der Waals surface area contributed by atoms with Gasteiger partial charge in [-0.05, 0) is 47.0 Å². The molecule has 0 bridgehead atoms. The van der Waals surface area contributed by atoms with Gasteiger partial charge >= 0.3 is 5.97 Å². The molecule has 5 rings (SSSR count). The summed E-state index contributed by atoms with van der Waals surface area (Å²) < 4.78 is 60.0. The summed E-state index contributed by atoms with van der Waals surface area (Å²) in [7, 11) is 0. The highest BCUT2D eigenvalue weighted by Gasteiger charge is 2.56. The monoisotopic (exact) mass is 1020 g/mol. The predicted molar refractivity (Wildman–Crippen MR) is 237 cm³/mol. The Kier molecular flexibility index (Phi) is 23.7. The van der Waals surface area contributed by atoms with Crippen LogP contribution in [0.1, 0.15) is 118 Å². The molecule has 5 aliphatic rings. The van der Waals surface area contributed by atoms with Crippen molar-refractivity contribution in [2.75, 3.05) is 6.61 Å². The van der Waals surface area contributed by atoms with Gasteiger partial charge in [-0.25, -0.2) is 0 Å². The van der Waals surface area contributed by atoms with E-state index in [1.165, 1.54) is 27.7 Å². The second-order valence-electron chi connectivity index (χ2n) is 19.5. The lowest BCUT2D eigenvalue weighted by Gasteiger charge is -2.50. The molecule has 0 saturated carbocycles. The molecule has 0 aromatic carbocycles. The number of carboxylic acid groups (broad SMARTS) is 1. The minimum atomic E-state index is -1.92. The molecule has 0 aromatic rings. The normalized spacial score (nSPS) is 45.4. The molecule has 0 aromatic heterocycles. The number of rotatable bonds is 25. The van der Waals surface area contributed by atoms with Crippen LogP contribution >= 0.6 is 0 Å². The topological polar surface area (TPSA) is 372 Å². The molecule has 5 saturated heterocycles. The third kappa shape index (κ3) is 15.1. The first-order valence-electron chi connectivity index (χ1n) is 25.1. The van der Waals surface area contributed by atoms with Gasteiger partial charge in [-0.1, -0.05) is 64.7 Å². The molecule has 5 heterocycles. The van der Waals surface area contributed by atoms with Crippen molar-refractivity contribution in [3.05, 3.63) is 0 Å². The van der Waals surface area contributed by atoms with Crippen molar-refractivity contribution in [2.45, 2.75) is 278 Å². The first-order valence-corrected chi connectivity index (χ1v) is 25.1. The molecule has 0 amide bonds. The van der Waals surface area contributed by atoms with Gasteiger partial charge in [0, 0.05) is 6.42 Å². The average molecular weight is 1020 g/mol. The zero-order chi connectivity index (χ0) is 51.6. The van der Waals surface area contributed by atoms with Crippen LogP contribution in [0.4, 0.5) is 0 Å². The Labute approximate surface area is 408 Å². The Morgan fingerprint density at radius 1 is 0.429 bits per heavy atom. The summed E-state index contributed by atoms with van der Waals surface area (Å²) in [6.07, 6.45) is -29.2. The summed E-state index contributed by atoms with van der Waals surface area (Å²) in [5.41, 5.74) is 0. The smallest absolute Gasteiger partial charge is 0.303 e. The van der Waals surface area contributed by atoms with E-state index in [1.807, 2.05) is 0 Å². The fourth-order valence-corrected chi connectivity index (χ4v) is 9.56. The summed E-state index contributed by atoms with van der Waals surface area (Å²) in [6.45, 7) is 7.14. The highest BCUT2D eigenvalue weighted by molar-refractivity contribution is 5.66. The molecule has 5 fully saturated rings. The first-order chi connectivity index (χ1) is 33.2. The van der Waals surface area contributed by atoms with Crippen LogP contribution in [0.15, 0.2) is 0 Å². The number of aliphatic hydroxyl groups is 12. The van der Waals surface area contributed by atoms with E-state index >= 15 is 0 Å². The van der Waals surface area contributed by atoms with E-state index in [9.17, 15) is 66.1 Å². The van der Waals surface area contributed by atoms with Crippen molar-refractivity contribution >= 4 is 5.97 Å². The Balaban J connectivity index is 1.27. The van der Waals surface area contributed by atoms with Gasteiger partial charge in [-0.15, -0.1) is 0 Å². The van der Waals surface area contributed by atoms with Gasteiger partial charge in [0.15, 0.2) is 31.5 Å². The van der Waals surface area contributed by atoms with Crippen LogP contribution in [0, 0.1) is 0 Å². The summed E-state index contributed by atoms with van der Waals surface area (Å²) in [5, 5.41) is 139. The van der Waals surface area contributed by atoms with Gasteiger partial charge in [0.25, 0.3) is 0 Å². The summed E-state index contributed by atoms with van der Waals surface area (Å²) in [5.74, 6) is -0.803. The summed E-state index contributed by atoms with van der Waals surface area (Å²) in [6, 6.07) is 0. The van der Waals surface area contributed by atoms with Crippen LogP contribution < -0.4 is 0 Å². The van der Waals surface area contributed by atoms with Crippen LogP contribution in [0.2, 0.25) is 0 Å². The third-order valence-electron chi connectivity index (χ3n) is 14.0. The van der Waals surface area contributed by atoms with Crippen LogP contribution in [0.5, 0.6) is 0 Å². The quantitative estimate of drug-likeness (QED) is 0.0430. The molecule has 13 N–H and O–H groups in total. The fourth-order valence-electron chi connectivity index (χ4n) is 9.56. The molecule has 26 atom stereocenters. The van der Waals surface area contributed by atoms with Crippen LogP contribution in [0.3, 0.4) is 0 Å². The number of ether oxygens (including phenoxy) is 10. The van der Waals surface area contributed by atoms with E-state index in [1.54, 1.807) is 0 Å². The maximum atomic E-state index is 11.9. The number of unbranched alkanes of at least 4 members (excludes halogenated alkanes) is 8. The van der Waals surface area contributed by atoms with Gasteiger partial charge in [-0.3, -0.25) is 4.79 Å². The molecular formula is C46H82O24. The lowest BCUT2D eigenvalue weighted by atomic mass is 9.95. The molecular weight excluding hydrogens is 936 g/mol. The van der Waals surface area contributed by atoms with Gasteiger partial charge < -0.3 is 114 Å². The van der Waals surface area contributed by atoms with Gasteiger partial charge in [-0.2, -0.15) is 0 Å². The Morgan fingerprint density at radius 2 is 0.843 bits per heavy atom. The second kappa shape index (κ2) is 27.9. The van der Waals surface area contributed by atoms with E-state index in [0.29, 0.717) is 19.3 Å². The zero-order valence-electron chi connectivity index (χ0n) is 40.7. The number of carboxylic acids is 1. The van der Waals surface area contributed by atoms with Crippen molar-refractivity contribution < 1.29 is 119 Å². The van der Waals surface area contributed by atoms with Gasteiger partial charge in [0.05, 0.1) is 37.1 Å². The predicted octanol–water partition coefficient (Wildman–Crippen LogP) is -2.25. The number of hydrogen-bond donors (Lipinski definition) is 13. The first kappa shape index (κ1) is 59.5. The Hall–Kier alpha value is -1.41. The van der Waals surface area contributed by atoms with E-state index in [2.05, 4.69) is 6.92 Å². The minimum absolute atomic E-state index is 0.155. The second-order valence-corrected chi connectivity index (χ2v) is 19.5. The molecule has 0 radical (unpaired) electrons. The van der Waals surface area contributed by atoms with Crippen LogP contribution in [-0.4, -0.2) is 239 Å². The fraction of sp³-hybridized carbons (Fsp3) is 0.978. The van der Waals surface area contributed by atoms with Crippen molar-refractivity contribution in [2.24, 2.45) is 0 Å². The molecule has 24 nitrogen and oxygen atoms in total. The molecule has 24 heteroatoms. The lowest BCUT2D eigenvalue weighted by Crippen LogP contribution is -2.67. The SMILES string of the molecule is CCCCCC(CCCCCCCCCC(=O)O)OC1OC(CO)C(O)C(O)C1OC1OC(C)C(OC2OC(C)C(OC3OC(C)C(O)C(O)C3O)C(OC3OC(C)C(O)C(O)C3O)C2O)C(O)C1O. The Morgan fingerprint density at radius 3 is 1.37 bits per heavy atom. The number of carbonyl (C=O) groups is 1. The largest absolute Gasteiger partial charge is 0.481 e. The molecule has 70 heavy (non-hydrogen) atoms. The molecule has 0 aliphatic carbocycles.